The molecule has 0 fully saturated rings. The highest BCUT2D eigenvalue weighted by Crippen LogP contribution is 2.33. The fraction of sp³-hybridized carbons (Fsp3) is 0.312. The monoisotopic (exact) mass is 399 g/mol. The molecule has 0 saturated carbocycles. The summed E-state index contributed by atoms with van der Waals surface area (Å²) < 4.78 is 4.18. The molecule has 6 nitrogen and oxygen atoms in total. The van der Waals surface area contributed by atoms with Crippen molar-refractivity contribution in [1.82, 2.24) is 9.69 Å². The van der Waals surface area contributed by atoms with E-state index >= 15 is 0 Å². The third-order valence-corrected chi connectivity index (χ3v) is 5.56. The third kappa shape index (κ3) is 5.62. The Morgan fingerprint density at radius 2 is 2.04 bits per heavy atom. The lowest BCUT2D eigenvalue weighted by Gasteiger charge is -2.11. The number of carboxylic acid groups (broad SMARTS) is 1. The number of urea groups is 1. The first-order valence-electron chi connectivity index (χ1n) is 7.58. The summed E-state index contributed by atoms with van der Waals surface area (Å²) in [6, 6.07) is 6.88. The van der Waals surface area contributed by atoms with Gasteiger partial charge in [-0.1, -0.05) is 42.4 Å². The Kier molecular flexibility index (Phi) is 7.10. The maximum atomic E-state index is 11.9. The highest BCUT2D eigenvalue weighted by molar-refractivity contribution is 7.98. The van der Waals surface area contributed by atoms with E-state index in [-0.39, 0.29) is 16.6 Å². The van der Waals surface area contributed by atoms with Crippen molar-refractivity contribution in [2.24, 2.45) is 0 Å². The zero-order valence-electron chi connectivity index (χ0n) is 13.7. The first kappa shape index (κ1) is 19.6. The van der Waals surface area contributed by atoms with Crippen LogP contribution in [0.2, 0.25) is 5.02 Å². The van der Waals surface area contributed by atoms with Gasteiger partial charge in [0.25, 0.3) is 0 Å². The molecular weight excluding hydrogens is 382 g/mol. The summed E-state index contributed by atoms with van der Waals surface area (Å²) in [7, 11) is 0. The van der Waals surface area contributed by atoms with Crippen molar-refractivity contribution in [3.63, 3.8) is 0 Å². The predicted octanol–water partition coefficient (Wildman–Crippen LogP) is 4.71. The average Bonchev–Trinajstić information content (AvgIpc) is 2.96. The molecule has 0 bridgehead atoms. The van der Waals surface area contributed by atoms with Gasteiger partial charge in [0.1, 0.15) is 15.6 Å². The van der Waals surface area contributed by atoms with E-state index < -0.39 is 12.0 Å². The number of aromatic carboxylic acids is 1. The molecule has 1 heterocycles. The largest absolute Gasteiger partial charge is 0.477 e. The Labute approximate surface area is 159 Å². The summed E-state index contributed by atoms with van der Waals surface area (Å²) in [6.45, 7) is 3.82. The van der Waals surface area contributed by atoms with Crippen LogP contribution in [0.5, 0.6) is 0 Å². The Morgan fingerprint density at radius 3 is 2.64 bits per heavy atom. The lowest BCUT2D eigenvalue weighted by Crippen LogP contribution is -2.35. The van der Waals surface area contributed by atoms with Crippen LogP contribution in [0.15, 0.2) is 29.3 Å². The molecule has 1 aromatic heterocycles. The van der Waals surface area contributed by atoms with E-state index in [9.17, 15) is 14.7 Å². The minimum Gasteiger partial charge on any atom is -0.477 e. The lowest BCUT2D eigenvalue weighted by molar-refractivity contribution is 0.0694. The highest BCUT2D eigenvalue weighted by atomic mass is 35.5. The van der Waals surface area contributed by atoms with Crippen molar-refractivity contribution in [3.8, 4) is 0 Å². The number of rotatable bonds is 7. The fourth-order valence-electron chi connectivity index (χ4n) is 1.85. The molecule has 134 valence electrons. The molecule has 1 aromatic carbocycles. The number of aromatic nitrogens is 1. The van der Waals surface area contributed by atoms with E-state index in [0.717, 1.165) is 23.5 Å². The zero-order chi connectivity index (χ0) is 18.4. The maximum Gasteiger partial charge on any atom is 0.341 e. The molecule has 25 heavy (non-hydrogen) atoms. The third-order valence-electron chi connectivity index (χ3n) is 3.38. The van der Waals surface area contributed by atoms with Crippen molar-refractivity contribution in [2.75, 3.05) is 5.32 Å². The summed E-state index contributed by atoms with van der Waals surface area (Å²) in [4.78, 5) is 23.5. The molecule has 0 aliphatic heterocycles. The number of thioether (sulfide) groups is 1. The standard InChI is InChI=1S/C16H18ClN3O3S2/c1-3-9(2)18-16(23)19-13-12(15(21)22)14(20-25-13)24-8-10-4-6-11(17)7-5-10/h4-7,9H,3,8H2,1-2H3,(H,21,22)(H2,18,19,23). The van der Waals surface area contributed by atoms with Crippen LogP contribution in [0.3, 0.4) is 0 Å². The maximum absolute atomic E-state index is 11.9. The van der Waals surface area contributed by atoms with Crippen molar-refractivity contribution in [3.05, 3.63) is 40.4 Å². The van der Waals surface area contributed by atoms with Crippen LogP contribution in [0.1, 0.15) is 36.2 Å². The van der Waals surface area contributed by atoms with Gasteiger partial charge >= 0.3 is 12.0 Å². The van der Waals surface area contributed by atoms with Gasteiger partial charge in [-0.05, 0) is 42.6 Å². The van der Waals surface area contributed by atoms with Crippen molar-refractivity contribution in [2.45, 2.75) is 37.1 Å². The smallest absolute Gasteiger partial charge is 0.341 e. The summed E-state index contributed by atoms with van der Waals surface area (Å²) >= 11 is 8.12. The fourth-order valence-corrected chi connectivity index (χ4v) is 3.87. The molecule has 1 unspecified atom stereocenters. The minimum atomic E-state index is -1.12. The summed E-state index contributed by atoms with van der Waals surface area (Å²) in [6.07, 6.45) is 0.782. The minimum absolute atomic E-state index is 0.0000467. The molecule has 2 rings (SSSR count). The average molecular weight is 400 g/mol. The summed E-state index contributed by atoms with van der Waals surface area (Å²) in [5, 5.41) is 16.0. The Bertz CT molecular complexity index is 750. The number of halogens is 1. The number of anilines is 1. The first-order chi connectivity index (χ1) is 11.9. The molecule has 9 heteroatoms. The number of benzene rings is 1. The molecule has 0 radical (unpaired) electrons. The Hall–Kier alpha value is -1.77. The van der Waals surface area contributed by atoms with Crippen LogP contribution in [-0.2, 0) is 5.75 Å². The molecule has 0 aliphatic carbocycles. The molecule has 3 N–H and O–H groups in total. The number of hydrogen-bond donors (Lipinski definition) is 3. The number of hydrogen-bond acceptors (Lipinski definition) is 5. The number of amides is 2. The van der Waals surface area contributed by atoms with E-state index in [1.807, 2.05) is 26.0 Å². The number of carbonyl (C=O) groups is 2. The van der Waals surface area contributed by atoms with Gasteiger partial charge in [-0.25, -0.2) is 9.59 Å². The SMILES string of the molecule is CCC(C)NC(=O)Nc1snc(SCc2ccc(Cl)cc2)c1C(=O)O. The van der Waals surface area contributed by atoms with E-state index in [1.54, 1.807) is 12.1 Å². The highest BCUT2D eigenvalue weighted by Gasteiger charge is 2.22. The van der Waals surface area contributed by atoms with Gasteiger partial charge in [-0.15, -0.1) is 0 Å². The molecule has 0 aliphatic rings. The second-order valence-electron chi connectivity index (χ2n) is 5.32. The second-order valence-corrected chi connectivity index (χ2v) is 7.49. The van der Waals surface area contributed by atoms with Crippen molar-refractivity contribution >= 4 is 51.9 Å². The van der Waals surface area contributed by atoms with Crippen LogP contribution < -0.4 is 10.6 Å². The van der Waals surface area contributed by atoms with Gasteiger partial charge in [0.15, 0.2) is 0 Å². The zero-order valence-corrected chi connectivity index (χ0v) is 16.1. The topological polar surface area (TPSA) is 91.3 Å². The number of carboxylic acids is 1. The van der Waals surface area contributed by atoms with Crippen LogP contribution in [0.25, 0.3) is 0 Å². The molecule has 0 spiro atoms. The van der Waals surface area contributed by atoms with Crippen LogP contribution in [-0.4, -0.2) is 27.5 Å². The quantitative estimate of drug-likeness (QED) is 0.586. The molecule has 0 saturated heterocycles. The normalized spacial score (nSPS) is 11.8. The van der Waals surface area contributed by atoms with Crippen molar-refractivity contribution < 1.29 is 14.7 Å². The van der Waals surface area contributed by atoms with E-state index in [4.69, 9.17) is 11.6 Å². The van der Waals surface area contributed by atoms with Crippen LogP contribution in [0.4, 0.5) is 9.80 Å². The van der Waals surface area contributed by atoms with Crippen molar-refractivity contribution in [1.29, 1.82) is 0 Å². The first-order valence-corrected chi connectivity index (χ1v) is 9.72. The molecule has 1 atom stereocenters. The van der Waals surface area contributed by atoms with Gasteiger partial charge in [0, 0.05) is 16.8 Å². The number of carbonyl (C=O) groups excluding carboxylic acids is 1. The second kappa shape index (κ2) is 9.07. The van der Waals surface area contributed by atoms with Gasteiger partial charge in [-0.2, -0.15) is 4.37 Å². The Balaban J connectivity index is 2.09. The molecule has 2 aromatic rings. The van der Waals surface area contributed by atoms with E-state index in [2.05, 4.69) is 15.0 Å². The Morgan fingerprint density at radius 1 is 1.36 bits per heavy atom. The van der Waals surface area contributed by atoms with Gasteiger partial charge in [0.2, 0.25) is 0 Å². The number of nitrogens with zero attached hydrogens (tertiary/aromatic N) is 1. The summed E-state index contributed by atoms with van der Waals surface area (Å²) in [5.41, 5.74) is 1.02. The lowest BCUT2D eigenvalue weighted by atomic mass is 10.2. The summed E-state index contributed by atoms with van der Waals surface area (Å²) in [5.74, 6) is -0.564. The van der Waals surface area contributed by atoms with Crippen LogP contribution in [0, 0.1) is 0 Å². The number of nitrogens with one attached hydrogen (secondary N) is 2. The van der Waals surface area contributed by atoms with Crippen LogP contribution >= 0.6 is 34.9 Å². The van der Waals surface area contributed by atoms with E-state index in [0.29, 0.717) is 15.8 Å². The van der Waals surface area contributed by atoms with Gasteiger partial charge in [-0.3, -0.25) is 5.32 Å². The predicted molar refractivity (Wildman–Crippen MR) is 102 cm³/mol. The van der Waals surface area contributed by atoms with E-state index in [1.165, 1.54) is 11.8 Å². The van der Waals surface area contributed by atoms with Gasteiger partial charge in [0.05, 0.1) is 0 Å². The molecular formula is C16H18ClN3O3S2. The van der Waals surface area contributed by atoms with Gasteiger partial charge < -0.3 is 10.4 Å². The molecule has 2 amide bonds.